The van der Waals surface area contributed by atoms with Crippen LogP contribution in [0.4, 0.5) is 0 Å². The van der Waals surface area contributed by atoms with E-state index in [4.69, 9.17) is 0 Å². The molecule has 0 aliphatic carbocycles. The van der Waals surface area contributed by atoms with Crippen LogP contribution < -0.4 is 0 Å². The topological polar surface area (TPSA) is 0 Å². The highest BCUT2D eigenvalue weighted by Gasteiger charge is 1.36. The highest BCUT2D eigenvalue weighted by atomic mass is 13.4. The molecule has 0 fully saturated rings. The average molecular weight is 265 g/mol. The highest BCUT2D eigenvalue weighted by molar-refractivity contribution is 4.22. The van der Waals surface area contributed by atoms with Crippen molar-refractivity contribution in [2.75, 3.05) is 0 Å². The van der Waals surface area contributed by atoms with Crippen LogP contribution in [-0.4, -0.2) is 0 Å². The molecule has 18 heavy (non-hydrogen) atoms. The molecule has 0 N–H and O–H groups in total. The van der Waals surface area contributed by atoms with Gasteiger partial charge in [0.05, 0.1) is 0 Å². The summed E-state index contributed by atoms with van der Waals surface area (Å²) in [5.41, 5.74) is 0. The third-order valence-corrected chi connectivity index (χ3v) is 0. The summed E-state index contributed by atoms with van der Waals surface area (Å²) in [6.45, 7) is 31.0. The Labute approximate surface area is 122 Å². The van der Waals surface area contributed by atoms with E-state index in [9.17, 15) is 0 Å². The van der Waals surface area contributed by atoms with Crippen LogP contribution in [0.2, 0.25) is 0 Å². The van der Waals surface area contributed by atoms with Crippen LogP contribution in [0.5, 0.6) is 0 Å². The molecule has 0 saturated carbocycles. The SMILES string of the molecule is C=C.CC.CC.CCC.CCC.CCC.CCC. The summed E-state index contributed by atoms with van der Waals surface area (Å²) in [4.78, 5) is 0. The molecule has 0 bridgehead atoms. The smallest absolute Gasteiger partial charge is 0.0590 e. The van der Waals surface area contributed by atoms with Gasteiger partial charge in [-0.1, -0.05) is 109 Å². The summed E-state index contributed by atoms with van der Waals surface area (Å²) >= 11 is 0. The number of rotatable bonds is 0. The van der Waals surface area contributed by atoms with E-state index in [0.29, 0.717) is 0 Å². The lowest BCUT2D eigenvalue weighted by molar-refractivity contribution is 1.09. The minimum atomic E-state index is 1.25. The predicted molar refractivity (Wildman–Crippen MR) is 97.8 cm³/mol. The second-order valence-corrected chi connectivity index (χ2v) is 2.83. The molecule has 0 nitrogen and oxygen atoms in total. The number of hydrogen-bond acceptors (Lipinski definition) is 0. The lowest BCUT2D eigenvalue weighted by atomic mass is 10.6. The van der Waals surface area contributed by atoms with Gasteiger partial charge in [0.2, 0.25) is 0 Å². The van der Waals surface area contributed by atoms with E-state index in [2.05, 4.69) is 68.5 Å². The van der Waals surface area contributed by atoms with E-state index in [0.717, 1.165) is 0 Å². The fourth-order valence-electron chi connectivity index (χ4n) is 0. The van der Waals surface area contributed by atoms with E-state index >= 15 is 0 Å². The van der Waals surface area contributed by atoms with Crippen LogP contribution in [0.3, 0.4) is 0 Å². The molecular weight excluding hydrogens is 216 g/mol. The standard InChI is InChI=1S/4C3H8.2C2H6.C2H4/c4*1-3-2;3*1-2/h4*3H2,1-2H3;2*1-2H3;1-2H2. The first-order valence-electron chi connectivity index (χ1n) is 8.16. The molecule has 0 aromatic carbocycles. The van der Waals surface area contributed by atoms with Crippen molar-refractivity contribution in [3.8, 4) is 0 Å². The molecule has 0 spiro atoms. The van der Waals surface area contributed by atoms with Crippen LogP contribution in [0.1, 0.15) is 109 Å². The molecule has 0 aromatic rings. The third-order valence-electron chi connectivity index (χ3n) is 0. The summed E-state index contributed by atoms with van der Waals surface area (Å²) in [6, 6.07) is 0. The molecule has 0 aliphatic rings. The Morgan fingerprint density at radius 1 is 0.389 bits per heavy atom. The second-order valence-electron chi connectivity index (χ2n) is 2.83. The first-order chi connectivity index (χ1) is 8.66. The molecule has 0 rings (SSSR count). The molecule has 0 radical (unpaired) electrons. The molecule has 0 unspecified atom stereocenters. The van der Waals surface area contributed by atoms with E-state index in [1.165, 1.54) is 25.7 Å². The maximum atomic E-state index is 3.00. The minimum absolute atomic E-state index is 1.25. The van der Waals surface area contributed by atoms with E-state index in [-0.39, 0.29) is 0 Å². The first kappa shape index (κ1) is 43.1. The predicted octanol–water partition coefficient (Wildman–Crippen LogP) is 8.52. The molecule has 0 heterocycles. The normalized spacial score (nSPS) is 4.89. The van der Waals surface area contributed by atoms with Crippen molar-refractivity contribution in [1.29, 1.82) is 0 Å². The van der Waals surface area contributed by atoms with Crippen molar-refractivity contribution < 1.29 is 0 Å². The average Bonchev–Trinajstić information content (AvgIpc) is 2.40. The van der Waals surface area contributed by atoms with Gasteiger partial charge in [0.1, 0.15) is 0 Å². The molecule has 0 saturated heterocycles. The third kappa shape index (κ3) is 50600. The van der Waals surface area contributed by atoms with Crippen molar-refractivity contribution in [1.82, 2.24) is 0 Å². The zero-order valence-corrected chi connectivity index (χ0v) is 16.2. The largest absolute Gasteiger partial charge is 0.106 e. The van der Waals surface area contributed by atoms with Gasteiger partial charge >= 0.3 is 0 Å². The van der Waals surface area contributed by atoms with Gasteiger partial charge in [0.15, 0.2) is 0 Å². The monoisotopic (exact) mass is 264 g/mol. The summed E-state index contributed by atoms with van der Waals surface area (Å²) in [7, 11) is 0. The highest BCUT2D eigenvalue weighted by Crippen LogP contribution is 1.57. The second kappa shape index (κ2) is 296. The Bertz CT molecular complexity index is 15.2. The molecular formula is C18H48. The fraction of sp³-hybridized carbons (Fsp3) is 0.889. The molecule has 0 aliphatic heterocycles. The molecule has 120 valence electrons. The van der Waals surface area contributed by atoms with Gasteiger partial charge in [-0.2, -0.15) is 0 Å². The van der Waals surface area contributed by atoms with Gasteiger partial charge in [0, 0.05) is 0 Å². The Kier molecular flexibility index (Phi) is 710. The maximum Gasteiger partial charge on any atom is -0.0590 e. The van der Waals surface area contributed by atoms with E-state index in [1.807, 2.05) is 27.7 Å². The van der Waals surface area contributed by atoms with Crippen molar-refractivity contribution in [2.45, 2.75) is 109 Å². The van der Waals surface area contributed by atoms with Gasteiger partial charge in [-0.15, -0.1) is 13.2 Å². The van der Waals surface area contributed by atoms with Crippen LogP contribution in [0.25, 0.3) is 0 Å². The van der Waals surface area contributed by atoms with Gasteiger partial charge in [-0.3, -0.25) is 0 Å². The first-order valence-corrected chi connectivity index (χ1v) is 8.16. The Hall–Kier alpha value is -0.260. The van der Waals surface area contributed by atoms with Crippen LogP contribution >= 0.6 is 0 Å². The lowest BCUT2D eigenvalue weighted by Crippen LogP contribution is -1.27. The van der Waals surface area contributed by atoms with Crippen molar-refractivity contribution >= 4 is 0 Å². The zero-order valence-electron chi connectivity index (χ0n) is 16.2. The van der Waals surface area contributed by atoms with Crippen molar-refractivity contribution in [3.63, 3.8) is 0 Å². The molecule has 0 amide bonds. The summed E-state index contributed by atoms with van der Waals surface area (Å²) in [5, 5.41) is 0. The molecule has 0 atom stereocenters. The molecule has 0 aromatic heterocycles. The van der Waals surface area contributed by atoms with Crippen LogP contribution in [0, 0.1) is 0 Å². The summed E-state index contributed by atoms with van der Waals surface area (Å²) < 4.78 is 0. The summed E-state index contributed by atoms with van der Waals surface area (Å²) in [5.74, 6) is 0. The Morgan fingerprint density at radius 3 is 0.389 bits per heavy atom. The van der Waals surface area contributed by atoms with Gasteiger partial charge < -0.3 is 0 Å². The van der Waals surface area contributed by atoms with Gasteiger partial charge in [-0.25, -0.2) is 0 Å². The van der Waals surface area contributed by atoms with Crippen LogP contribution in [-0.2, 0) is 0 Å². The van der Waals surface area contributed by atoms with Crippen LogP contribution in [0.15, 0.2) is 13.2 Å². The van der Waals surface area contributed by atoms with E-state index < -0.39 is 0 Å². The minimum Gasteiger partial charge on any atom is -0.106 e. The number of hydrogen-bond donors (Lipinski definition) is 0. The van der Waals surface area contributed by atoms with E-state index in [1.54, 1.807) is 0 Å². The fourth-order valence-corrected chi connectivity index (χ4v) is 0. The Morgan fingerprint density at radius 2 is 0.389 bits per heavy atom. The van der Waals surface area contributed by atoms with Gasteiger partial charge in [-0.05, 0) is 0 Å². The van der Waals surface area contributed by atoms with Gasteiger partial charge in [0.25, 0.3) is 0 Å². The zero-order chi connectivity index (χ0) is 16.8. The maximum absolute atomic E-state index is 3.00. The lowest BCUT2D eigenvalue weighted by Gasteiger charge is -1.48. The summed E-state index contributed by atoms with van der Waals surface area (Å²) in [6.07, 6.45) is 5.00. The quantitative estimate of drug-likeness (QED) is 0.384. The Balaban J connectivity index is -0.0000000159. The van der Waals surface area contributed by atoms with Crippen molar-refractivity contribution in [3.05, 3.63) is 13.2 Å². The van der Waals surface area contributed by atoms with Crippen molar-refractivity contribution in [2.24, 2.45) is 0 Å². The molecule has 0 heteroatoms.